The molecule has 0 fully saturated rings. The van der Waals surface area contributed by atoms with Gasteiger partial charge in [-0.05, 0) is 5.56 Å². The smallest absolute Gasteiger partial charge is 0.332 e. The number of carbonyl (C=O) groups is 2. The number of anilines is 1. The van der Waals surface area contributed by atoms with Crippen molar-refractivity contribution in [2.75, 3.05) is 12.3 Å². The lowest BCUT2D eigenvalue weighted by Crippen LogP contribution is -2.43. The van der Waals surface area contributed by atoms with Crippen molar-refractivity contribution in [2.24, 2.45) is 7.05 Å². The normalized spacial score (nSPS) is 10.4. The highest BCUT2D eigenvalue weighted by molar-refractivity contribution is 6.01. The monoisotopic (exact) mass is 331 g/mol. The van der Waals surface area contributed by atoms with E-state index < -0.39 is 29.6 Å². The number of hydrogen-bond acceptors (Lipinski definition) is 6. The van der Waals surface area contributed by atoms with Crippen LogP contribution in [0.1, 0.15) is 22.8 Å². The van der Waals surface area contributed by atoms with Crippen LogP contribution < -0.4 is 17.0 Å². The molecule has 1 aromatic carbocycles. The van der Waals surface area contributed by atoms with Gasteiger partial charge in [-0.1, -0.05) is 30.3 Å². The highest BCUT2D eigenvalue weighted by Gasteiger charge is 2.22. The van der Waals surface area contributed by atoms with Gasteiger partial charge in [0.25, 0.3) is 5.56 Å². The second-order valence-electron chi connectivity index (χ2n) is 5.18. The number of nitrogen functional groups attached to an aromatic ring is 1. The third-order valence-corrected chi connectivity index (χ3v) is 3.45. The Morgan fingerprint density at radius 1 is 1.17 bits per heavy atom. The lowest BCUT2D eigenvalue weighted by molar-refractivity contribution is -0.139. The lowest BCUT2D eigenvalue weighted by atomic mass is 10.2. The summed E-state index contributed by atoms with van der Waals surface area (Å²) in [7, 11) is 1.26. The molecule has 2 aromatic rings. The quantitative estimate of drug-likeness (QED) is 0.606. The first kappa shape index (κ1) is 17.2. The zero-order chi connectivity index (χ0) is 17.9. The molecule has 0 amide bonds. The molecule has 0 atom stereocenters. The minimum Gasteiger partial charge on any atom is -0.457 e. The predicted molar refractivity (Wildman–Crippen MR) is 86.9 cm³/mol. The van der Waals surface area contributed by atoms with Crippen LogP contribution in [0, 0.1) is 0 Å². The molecule has 2 N–H and O–H groups in total. The summed E-state index contributed by atoms with van der Waals surface area (Å²) in [5.74, 6) is -1.66. The first-order valence-corrected chi connectivity index (χ1v) is 7.12. The van der Waals surface area contributed by atoms with Crippen molar-refractivity contribution in [2.45, 2.75) is 13.5 Å². The van der Waals surface area contributed by atoms with Crippen LogP contribution in [-0.2, 0) is 23.1 Å². The number of hydrogen-bond donors (Lipinski definition) is 1. The third kappa shape index (κ3) is 3.43. The van der Waals surface area contributed by atoms with Gasteiger partial charge < -0.3 is 10.5 Å². The topological polar surface area (TPSA) is 113 Å². The zero-order valence-electron chi connectivity index (χ0n) is 13.3. The summed E-state index contributed by atoms with van der Waals surface area (Å²) in [6, 6.07) is 9.00. The first-order valence-electron chi connectivity index (χ1n) is 7.12. The molecule has 0 bridgehead atoms. The SMILES string of the molecule is CC(=O)OCC(=O)c1c(N)n(Cc2ccccc2)c(=O)n(C)c1=O. The summed E-state index contributed by atoms with van der Waals surface area (Å²) in [5.41, 5.74) is 4.86. The van der Waals surface area contributed by atoms with Crippen molar-refractivity contribution in [3.05, 3.63) is 62.3 Å². The van der Waals surface area contributed by atoms with Crippen LogP contribution in [-0.4, -0.2) is 27.5 Å². The second kappa shape index (κ2) is 6.95. The van der Waals surface area contributed by atoms with Crippen molar-refractivity contribution in [3.63, 3.8) is 0 Å². The van der Waals surface area contributed by atoms with Gasteiger partial charge in [0.05, 0.1) is 6.54 Å². The zero-order valence-corrected chi connectivity index (χ0v) is 13.3. The van der Waals surface area contributed by atoms with Crippen LogP contribution in [0.5, 0.6) is 0 Å². The van der Waals surface area contributed by atoms with Crippen molar-refractivity contribution >= 4 is 17.6 Å². The van der Waals surface area contributed by atoms with Crippen LogP contribution in [0.4, 0.5) is 5.82 Å². The maximum Gasteiger partial charge on any atom is 0.332 e. The fourth-order valence-electron chi connectivity index (χ4n) is 2.20. The Balaban J connectivity index is 2.53. The summed E-state index contributed by atoms with van der Waals surface area (Å²) in [6.07, 6.45) is 0. The number of nitrogens with two attached hydrogens (primary N) is 1. The molecule has 2 rings (SSSR count). The standard InChI is InChI=1S/C16H17N3O5/c1-10(20)24-9-12(21)13-14(17)19(16(23)18(2)15(13)22)8-11-6-4-3-5-7-11/h3-7H,8-9,17H2,1-2H3. The van der Waals surface area contributed by atoms with Crippen LogP contribution >= 0.6 is 0 Å². The number of esters is 1. The number of ketones is 1. The average Bonchev–Trinajstić information content (AvgIpc) is 2.56. The molecule has 0 saturated carbocycles. The summed E-state index contributed by atoms with van der Waals surface area (Å²) in [4.78, 5) is 47.5. The Bertz CT molecular complexity index is 896. The largest absolute Gasteiger partial charge is 0.457 e. The van der Waals surface area contributed by atoms with Gasteiger partial charge in [-0.15, -0.1) is 0 Å². The number of benzene rings is 1. The molecule has 0 aliphatic heterocycles. The molecule has 0 radical (unpaired) electrons. The first-order chi connectivity index (χ1) is 11.3. The van der Waals surface area contributed by atoms with Crippen molar-refractivity contribution in [3.8, 4) is 0 Å². The van der Waals surface area contributed by atoms with E-state index >= 15 is 0 Å². The van der Waals surface area contributed by atoms with E-state index in [-0.39, 0.29) is 17.9 Å². The Kier molecular flexibility index (Phi) is 4.98. The lowest BCUT2D eigenvalue weighted by Gasteiger charge is -2.14. The molecule has 24 heavy (non-hydrogen) atoms. The molecule has 0 saturated heterocycles. The Labute approximate surface area is 137 Å². The molecule has 0 aliphatic carbocycles. The van der Waals surface area contributed by atoms with Crippen molar-refractivity contribution < 1.29 is 14.3 Å². The number of ether oxygens (including phenoxy) is 1. The fraction of sp³-hybridized carbons (Fsp3) is 0.250. The molecule has 126 valence electrons. The van der Waals surface area contributed by atoms with E-state index in [1.165, 1.54) is 7.05 Å². The molecule has 0 unspecified atom stereocenters. The van der Waals surface area contributed by atoms with E-state index in [4.69, 9.17) is 5.73 Å². The molecule has 0 spiro atoms. The van der Waals surface area contributed by atoms with Crippen LogP contribution in [0.2, 0.25) is 0 Å². The Morgan fingerprint density at radius 2 is 1.79 bits per heavy atom. The predicted octanol–water partition coefficient (Wildman–Crippen LogP) is -0.0767. The summed E-state index contributed by atoms with van der Waals surface area (Å²) in [6.45, 7) is 0.636. The summed E-state index contributed by atoms with van der Waals surface area (Å²) in [5, 5.41) is 0. The van der Waals surface area contributed by atoms with Gasteiger partial charge >= 0.3 is 11.7 Å². The fourth-order valence-corrected chi connectivity index (χ4v) is 2.20. The molecule has 1 heterocycles. The van der Waals surface area contributed by atoms with Gasteiger partial charge in [0.2, 0.25) is 5.78 Å². The number of rotatable bonds is 5. The molecular weight excluding hydrogens is 314 g/mol. The van der Waals surface area contributed by atoms with E-state index in [0.29, 0.717) is 0 Å². The van der Waals surface area contributed by atoms with Crippen molar-refractivity contribution in [1.29, 1.82) is 0 Å². The number of aromatic nitrogens is 2. The highest BCUT2D eigenvalue weighted by atomic mass is 16.5. The van der Waals surface area contributed by atoms with Crippen molar-refractivity contribution in [1.82, 2.24) is 9.13 Å². The minimum absolute atomic E-state index is 0.105. The molecular formula is C16H17N3O5. The maximum atomic E-state index is 12.3. The summed E-state index contributed by atoms with van der Waals surface area (Å²) < 4.78 is 6.56. The van der Waals surface area contributed by atoms with E-state index in [0.717, 1.165) is 21.6 Å². The van der Waals surface area contributed by atoms with E-state index in [1.54, 1.807) is 24.3 Å². The van der Waals surface area contributed by atoms with Gasteiger partial charge in [-0.25, -0.2) is 4.79 Å². The molecule has 8 heteroatoms. The molecule has 1 aromatic heterocycles. The Morgan fingerprint density at radius 3 is 2.38 bits per heavy atom. The highest BCUT2D eigenvalue weighted by Crippen LogP contribution is 2.09. The Hall–Kier alpha value is -3.16. The average molecular weight is 331 g/mol. The van der Waals surface area contributed by atoms with E-state index in [1.807, 2.05) is 6.07 Å². The van der Waals surface area contributed by atoms with Gasteiger partial charge in [-0.3, -0.25) is 23.5 Å². The van der Waals surface area contributed by atoms with Gasteiger partial charge in [0, 0.05) is 14.0 Å². The van der Waals surface area contributed by atoms with Crippen LogP contribution in [0.25, 0.3) is 0 Å². The summed E-state index contributed by atoms with van der Waals surface area (Å²) >= 11 is 0. The van der Waals surface area contributed by atoms with Gasteiger partial charge in [0.1, 0.15) is 11.4 Å². The van der Waals surface area contributed by atoms with E-state index in [2.05, 4.69) is 4.74 Å². The van der Waals surface area contributed by atoms with Crippen LogP contribution in [0.3, 0.4) is 0 Å². The maximum absolute atomic E-state index is 12.3. The van der Waals surface area contributed by atoms with Crippen LogP contribution in [0.15, 0.2) is 39.9 Å². The molecule has 8 nitrogen and oxygen atoms in total. The second-order valence-corrected chi connectivity index (χ2v) is 5.18. The van der Waals surface area contributed by atoms with Gasteiger partial charge in [-0.2, -0.15) is 0 Å². The number of Topliss-reactive ketones (excluding diaryl/α,β-unsaturated/α-hetero) is 1. The third-order valence-electron chi connectivity index (χ3n) is 3.45. The minimum atomic E-state index is -0.820. The van der Waals surface area contributed by atoms with Gasteiger partial charge in [0.15, 0.2) is 6.61 Å². The van der Waals surface area contributed by atoms with E-state index in [9.17, 15) is 19.2 Å². The molecule has 0 aliphatic rings. The number of carbonyl (C=O) groups excluding carboxylic acids is 2. The number of nitrogens with zero attached hydrogens (tertiary/aromatic N) is 2.